The minimum atomic E-state index is -1.03. The number of carboxylic acids is 1. The molecule has 2 aromatic heterocycles. The summed E-state index contributed by atoms with van der Waals surface area (Å²) in [7, 11) is 0. The van der Waals surface area contributed by atoms with Crippen LogP contribution < -0.4 is 10.2 Å². The fraction of sp³-hybridized carbons (Fsp3) is 0.467. The van der Waals surface area contributed by atoms with Crippen LogP contribution in [0.4, 0.5) is 5.82 Å². The van der Waals surface area contributed by atoms with Crippen molar-refractivity contribution < 1.29 is 14.7 Å². The van der Waals surface area contributed by atoms with Gasteiger partial charge in [0.2, 0.25) is 5.91 Å². The molecule has 1 aliphatic rings. The van der Waals surface area contributed by atoms with Crippen LogP contribution in [-0.2, 0) is 9.59 Å². The highest BCUT2D eigenvalue weighted by Crippen LogP contribution is 2.29. The number of fused-ring (bicyclic) bond motifs is 1. The first kappa shape index (κ1) is 15.7. The molecule has 0 aliphatic carbocycles. The van der Waals surface area contributed by atoms with E-state index in [1.54, 1.807) is 17.7 Å². The fourth-order valence-corrected chi connectivity index (χ4v) is 3.53. The zero-order valence-corrected chi connectivity index (χ0v) is 13.5. The van der Waals surface area contributed by atoms with Crippen molar-refractivity contribution in [3.63, 3.8) is 0 Å². The molecule has 1 aliphatic heterocycles. The number of carboxylic acid groups (broad SMARTS) is 1. The highest BCUT2D eigenvalue weighted by atomic mass is 32.1. The summed E-state index contributed by atoms with van der Waals surface area (Å²) in [5.41, 5.74) is 0. The number of carbonyl (C=O) groups is 2. The molecule has 3 heterocycles. The van der Waals surface area contributed by atoms with Crippen molar-refractivity contribution in [1.29, 1.82) is 0 Å². The van der Waals surface area contributed by atoms with E-state index in [9.17, 15) is 9.59 Å². The van der Waals surface area contributed by atoms with Crippen molar-refractivity contribution in [2.45, 2.75) is 25.8 Å². The van der Waals surface area contributed by atoms with Crippen molar-refractivity contribution in [3.05, 3.63) is 17.8 Å². The van der Waals surface area contributed by atoms with Gasteiger partial charge in [-0.3, -0.25) is 9.59 Å². The molecule has 1 unspecified atom stereocenters. The summed E-state index contributed by atoms with van der Waals surface area (Å²) in [5.74, 6) is -0.615. The Bertz CT molecular complexity index is 732. The Balaban J connectivity index is 1.74. The molecule has 2 atom stereocenters. The van der Waals surface area contributed by atoms with Gasteiger partial charge in [-0.25, -0.2) is 9.97 Å². The van der Waals surface area contributed by atoms with E-state index in [0.717, 1.165) is 35.4 Å². The average molecular weight is 334 g/mol. The monoisotopic (exact) mass is 334 g/mol. The van der Waals surface area contributed by atoms with Crippen LogP contribution in [0.15, 0.2) is 17.8 Å². The third-order valence-corrected chi connectivity index (χ3v) is 4.88. The van der Waals surface area contributed by atoms with Gasteiger partial charge in [-0.2, -0.15) is 0 Å². The maximum Gasteiger partial charge on any atom is 0.325 e. The number of rotatable bonds is 4. The van der Waals surface area contributed by atoms with Crippen LogP contribution in [0.1, 0.15) is 19.8 Å². The van der Waals surface area contributed by atoms with Crippen LogP contribution in [0, 0.1) is 5.92 Å². The van der Waals surface area contributed by atoms with Crippen molar-refractivity contribution in [2.75, 3.05) is 18.0 Å². The van der Waals surface area contributed by atoms with Gasteiger partial charge in [0.05, 0.1) is 11.3 Å². The first-order valence-electron chi connectivity index (χ1n) is 7.52. The number of nitrogens with one attached hydrogen (secondary N) is 1. The van der Waals surface area contributed by atoms with E-state index in [0.29, 0.717) is 6.54 Å². The van der Waals surface area contributed by atoms with Gasteiger partial charge in [-0.05, 0) is 31.2 Å². The third-order valence-electron chi connectivity index (χ3n) is 4.06. The highest BCUT2D eigenvalue weighted by Gasteiger charge is 2.29. The van der Waals surface area contributed by atoms with Gasteiger partial charge in [-0.1, -0.05) is 0 Å². The molecule has 122 valence electrons. The van der Waals surface area contributed by atoms with Gasteiger partial charge < -0.3 is 15.3 Å². The van der Waals surface area contributed by atoms with Gasteiger partial charge >= 0.3 is 5.97 Å². The molecule has 2 N–H and O–H groups in total. The lowest BCUT2D eigenvalue weighted by molar-refractivity contribution is -0.142. The first-order valence-corrected chi connectivity index (χ1v) is 8.40. The molecule has 1 amide bonds. The van der Waals surface area contributed by atoms with Gasteiger partial charge in [0.25, 0.3) is 0 Å². The smallest absolute Gasteiger partial charge is 0.325 e. The highest BCUT2D eigenvalue weighted by molar-refractivity contribution is 7.16. The van der Waals surface area contributed by atoms with E-state index >= 15 is 0 Å². The number of hydrogen-bond donors (Lipinski definition) is 2. The predicted octanol–water partition coefficient (Wildman–Crippen LogP) is 1.50. The summed E-state index contributed by atoms with van der Waals surface area (Å²) in [4.78, 5) is 34.8. The van der Waals surface area contributed by atoms with Crippen LogP contribution in [0.5, 0.6) is 0 Å². The van der Waals surface area contributed by atoms with E-state index in [2.05, 4.69) is 20.2 Å². The second-order valence-electron chi connectivity index (χ2n) is 5.69. The number of hydrogen-bond acceptors (Lipinski definition) is 6. The molecule has 1 fully saturated rings. The Morgan fingerprint density at radius 2 is 2.30 bits per heavy atom. The molecule has 3 rings (SSSR count). The van der Waals surface area contributed by atoms with Crippen LogP contribution >= 0.6 is 11.3 Å². The number of nitrogens with zero attached hydrogens (tertiary/aromatic N) is 3. The van der Waals surface area contributed by atoms with Gasteiger partial charge in [0.1, 0.15) is 23.0 Å². The van der Waals surface area contributed by atoms with E-state index < -0.39 is 12.0 Å². The number of carbonyl (C=O) groups excluding carboxylic acids is 1. The standard InChI is InChI=1S/C15H18N4O3S/c1-9(15(21)22)18-13(20)10-3-2-5-19(7-10)12-11-4-6-23-14(11)17-8-16-12/h4,6,8-10H,2-3,5,7H2,1H3,(H,18,20)(H,21,22)/t9-,10?/m1/s1. The Kier molecular flexibility index (Phi) is 4.42. The molecule has 0 saturated carbocycles. The summed E-state index contributed by atoms with van der Waals surface area (Å²) in [6.07, 6.45) is 3.17. The molecule has 7 nitrogen and oxygen atoms in total. The van der Waals surface area contributed by atoms with Crippen molar-refractivity contribution >= 4 is 39.2 Å². The molecule has 2 aromatic rings. The topological polar surface area (TPSA) is 95.4 Å². The number of aliphatic carboxylic acids is 1. The summed E-state index contributed by atoms with van der Waals surface area (Å²) in [6.45, 7) is 2.85. The lowest BCUT2D eigenvalue weighted by atomic mass is 9.96. The third kappa shape index (κ3) is 3.26. The van der Waals surface area contributed by atoms with Crippen molar-refractivity contribution in [3.8, 4) is 0 Å². The van der Waals surface area contributed by atoms with Crippen LogP contribution in [0.2, 0.25) is 0 Å². The Morgan fingerprint density at radius 1 is 1.48 bits per heavy atom. The molecule has 0 spiro atoms. The predicted molar refractivity (Wildman–Crippen MR) is 87.6 cm³/mol. The Hall–Kier alpha value is -2.22. The molecular formula is C15H18N4O3S. The number of thiophene rings is 1. The lowest BCUT2D eigenvalue weighted by Gasteiger charge is -2.33. The van der Waals surface area contributed by atoms with Gasteiger partial charge in [-0.15, -0.1) is 11.3 Å². The number of piperidine rings is 1. The second kappa shape index (κ2) is 6.49. The molecule has 1 saturated heterocycles. The average Bonchev–Trinajstić information content (AvgIpc) is 3.03. The maximum absolute atomic E-state index is 12.3. The molecular weight excluding hydrogens is 316 g/mol. The molecule has 0 aromatic carbocycles. The molecule has 8 heteroatoms. The molecule has 0 bridgehead atoms. The summed E-state index contributed by atoms with van der Waals surface area (Å²) in [6, 6.07) is 1.12. The zero-order valence-electron chi connectivity index (χ0n) is 12.7. The lowest BCUT2D eigenvalue weighted by Crippen LogP contribution is -2.47. The fourth-order valence-electron chi connectivity index (χ4n) is 2.81. The normalized spacial score (nSPS) is 19.5. The van der Waals surface area contributed by atoms with E-state index in [-0.39, 0.29) is 11.8 Å². The Labute approximate surface area is 137 Å². The van der Waals surface area contributed by atoms with E-state index in [1.807, 2.05) is 11.4 Å². The minimum Gasteiger partial charge on any atom is -0.480 e. The van der Waals surface area contributed by atoms with Crippen molar-refractivity contribution in [1.82, 2.24) is 15.3 Å². The molecule has 23 heavy (non-hydrogen) atoms. The largest absolute Gasteiger partial charge is 0.480 e. The van der Waals surface area contributed by atoms with E-state index in [1.165, 1.54) is 6.92 Å². The summed E-state index contributed by atoms with van der Waals surface area (Å²) in [5, 5.41) is 14.4. The SMILES string of the molecule is C[C@@H](NC(=O)C1CCCN(c2ncnc3sccc23)C1)C(=O)O. The van der Waals surface area contributed by atoms with Gasteiger partial charge in [0.15, 0.2) is 0 Å². The van der Waals surface area contributed by atoms with E-state index in [4.69, 9.17) is 5.11 Å². The quantitative estimate of drug-likeness (QED) is 0.880. The Morgan fingerprint density at radius 3 is 3.09 bits per heavy atom. The minimum absolute atomic E-state index is 0.208. The van der Waals surface area contributed by atoms with Crippen LogP contribution in [-0.4, -0.2) is 46.1 Å². The number of amides is 1. The van der Waals surface area contributed by atoms with Crippen LogP contribution in [0.3, 0.4) is 0 Å². The zero-order chi connectivity index (χ0) is 16.4. The van der Waals surface area contributed by atoms with Crippen molar-refractivity contribution in [2.24, 2.45) is 5.92 Å². The number of anilines is 1. The second-order valence-corrected chi connectivity index (χ2v) is 6.58. The molecule has 0 radical (unpaired) electrons. The van der Waals surface area contributed by atoms with Gasteiger partial charge in [0, 0.05) is 13.1 Å². The van der Waals surface area contributed by atoms with Crippen LogP contribution in [0.25, 0.3) is 10.2 Å². The maximum atomic E-state index is 12.3. The number of aromatic nitrogens is 2. The summed E-state index contributed by atoms with van der Waals surface area (Å²) < 4.78 is 0. The summed E-state index contributed by atoms with van der Waals surface area (Å²) >= 11 is 1.56. The first-order chi connectivity index (χ1) is 11.1.